The largest absolute Gasteiger partial charge is 0.507 e. The molecule has 0 aliphatic carbocycles. The Bertz CT molecular complexity index is 1500. The maximum atomic E-state index is 10.9. The van der Waals surface area contributed by atoms with Crippen LogP contribution in [0.1, 0.15) is 22.3 Å². The number of non-ortho nitro benzene ring substituents is 2. The Balaban J connectivity index is 1.46. The number of nitro benzene ring substituents is 2. The minimum absolute atomic E-state index is 0.0170. The van der Waals surface area contributed by atoms with Gasteiger partial charge in [-0.2, -0.15) is 10.2 Å². The van der Waals surface area contributed by atoms with Crippen LogP contribution in [0.2, 0.25) is 0 Å². The molecule has 0 aliphatic heterocycles. The number of anilines is 2. The molecule has 0 saturated heterocycles. The van der Waals surface area contributed by atoms with Crippen LogP contribution in [0.25, 0.3) is 0 Å². The molecule has 4 aromatic rings. The molecule has 12 heteroatoms. The summed E-state index contributed by atoms with van der Waals surface area (Å²) in [5.41, 5.74) is 3.99. The number of phenolic OH excluding ortho intramolecular Hbond substituents is 2. The number of phenols is 2. The molecule has 41 heavy (non-hydrogen) atoms. The molecule has 0 aromatic heterocycles. The van der Waals surface area contributed by atoms with Gasteiger partial charge < -0.3 is 10.2 Å². The maximum Gasteiger partial charge on any atom is 0.269 e. The summed E-state index contributed by atoms with van der Waals surface area (Å²) in [6.07, 6.45) is 3.50. The summed E-state index contributed by atoms with van der Waals surface area (Å²) in [5, 5.41) is 54.2. The molecule has 0 aliphatic rings. The first-order chi connectivity index (χ1) is 19.6. The summed E-state index contributed by atoms with van der Waals surface area (Å²) >= 11 is 0. The second-order valence-electron chi connectivity index (χ2n) is 9.05. The molecular weight excluding hydrogens is 528 g/mol. The fraction of sp³-hybridized carbons (Fsp3) is 0.103. The van der Waals surface area contributed by atoms with Crippen LogP contribution < -0.4 is 10.0 Å². The van der Waals surface area contributed by atoms with Crippen LogP contribution in [0.4, 0.5) is 22.7 Å². The normalized spacial score (nSPS) is 11.2. The second kappa shape index (κ2) is 12.4. The molecule has 0 unspecified atom stereocenters. The molecule has 0 saturated carbocycles. The van der Waals surface area contributed by atoms with Gasteiger partial charge in [0, 0.05) is 49.5 Å². The van der Waals surface area contributed by atoms with Gasteiger partial charge in [0.1, 0.15) is 11.5 Å². The van der Waals surface area contributed by atoms with Gasteiger partial charge in [-0.15, -0.1) is 0 Å². The van der Waals surface area contributed by atoms with Crippen molar-refractivity contribution in [2.75, 3.05) is 24.1 Å². The Morgan fingerprint density at radius 2 is 1.02 bits per heavy atom. The third-order valence-corrected chi connectivity index (χ3v) is 6.20. The quantitative estimate of drug-likeness (QED) is 0.149. The first-order valence-electron chi connectivity index (χ1n) is 12.3. The van der Waals surface area contributed by atoms with Crippen LogP contribution >= 0.6 is 0 Å². The van der Waals surface area contributed by atoms with E-state index in [4.69, 9.17) is 0 Å². The molecule has 208 valence electrons. The Morgan fingerprint density at radius 3 is 1.37 bits per heavy atom. The first kappa shape index (κ1) is 28.2. The van der Waals surface area contributed by atoms with Gasteiger partial charge in [-0.05, 0) is 66.1 Å². The number of hydrazone groups is 2. The fourth-order valence-corrected chi connectivity index (χ4v) is 3.88. The van der Waals surface area contributed by atoms with E-state index >= 15 is 0 Å². The van der Waals surface area contributed by atoms with E-state index in [9.17, 15) is 30.4 Å². The highest BCUT2D eigenvalue weighted by Crippen LogP contribution is 2.24. The smallest absolute Gasteiger partial charge is 0.269 e. The standard InChI is InChI=1S/C29H26N6O6/c1-32(24-5-9-26(10-6-24)34(38)39)30-18-22-16-20(3-13-28(22)36)15-21-4-14-29(37)23(17-21)19-31-33(2)25-7-11-27(12-8-25)35(40)41/h3-14,16-19,36-37H,15H2,1-2H3. The molecular formula is C29H26N6O6. The number of nitro groups is 2. The molecule has 0 atom stereocenters. The average Bonchev–Trinajstić information content (AvgIpc) is 2.97. The Kier molecular flexibility index (Phi) is 8.53. The lowest BCUT2D eigenvalue weighted by Crippen LogP contribution is -2.09. The van der Waals surface area contributed by atoms with Gasteiger partial charge in [-0.25, -0.2) is 0 Å². The molecule has 12 nitrogen and oxygen atoms in total. The lowest BCUT2D eigenvalue weighted by atomic mass is 10.0. The SMILES string of the molecule is CN(N=Cc1cc(Cc2ccc(O)c(C=NN(C)c3ccc([N+](=O)[O-])cc3)c2)ccc1O)c1ccc([N+](=O)[O-])cc1. The molecule has 0 fully saturated rings. The maximum absolute atomic E-state index is 10.9. The van der Waals surface area contributed by atoms with Crippen LogP contribution in [0, 0.1) is 20.2 Å². The highest BCUT2D eigenvalue weighted by atomic mass is 16.6. The molecule has 0 bridgehead atoms. The van der Waals surface area contributed by atoms with E-state index in [2.05, 4.69) is 10.2 Å². The number of benzene rings is 4. The van der Waals surface area contributed by atoms with Gasteiger partial charge in [0.15, 0.2) is 0 Å². The number of aromatic hydroxyl groups is 2. The lowest BCUT2D eigenvalue weighted by molar-refractivity contribution is -0.385. The van der Waals surface area contributed by atoms with Gasteiger partial charge in [0.05, 0.1) is 33.7 Å². The van der Waals surface area contributed by atoms with Crippen LogP contribution in [0.3, 0.4) is 0 Å². The zero-order valence-corrected chi connectivity index (χ0v) is 22.2. The van der Waals surface area contributed by atoms with E-state index in [1.807, 2.05) is 0 Å². The number of hydrogen-bond donors (Lipinski definition) is 2. The van der Waals surface area contributed by atoms with Crippen molar-refractivity contribution in [1.29, 1.82) is 0 Å². The lowest BCUT2D eigenvalue weighted by Gasteiger charge is -2.13. The number of nitrogens with zero attached hydrogens (tertiary/aromatic N) is 6. The molecule has 0 heterocycles. The van der Waals surface area contributed by atoms with Crippen molar-refractivity contribution in [3.8, 4) is 11.5 Å². The van der Waals surface area contributed by atoms with Gasteiger partial charge >= 0.3 is 0 Å². The summed E-state index contributed by atoms with van der Waals surface area (Å²) in [5.74, 6) is 0.0878. The van der Waals surface area contributed by atoms with Crippen molar-refractivity contribution in [2.45, 2.75) is 6.42 Å². The minimum Gasteiger partial charge on any atom is -0.507 e. The van der Waals surface area contributed by atoms with E-state index < -0.39 is 9.85 Å². The highest BCUT2D eigenvalue weighted by Gasteiger charge is 2.09. The molecule has 4 rings (SSSR count). The van der Waals surface area contributed by atoms with E-state index in [-0.39, 0.29) is 22.9 Å². The molecule has 2 N–H and O–H groups in total. The molecule has 0 radical (unpaired) electrons. The fourth-order valence-electron chi connectivity index (χ4n) is 3.88. The monoisotopic (exact) mass is 554 g/mol. The number of hydrogen-bond acceptors (Lipinski definition) is 10. The van der Waals surface area contributed by atoms with Crippen molar-refractivity contribution in [1.82, 2.24) is 0 Å². The first-order valence-corrected chi connectivity index (χ1v) is 12.3. The molecule has 4 aromatic carbocycles. The summed E-state index contributed by atoms with van der Waals surface area (Å²) < 4.78 is 0. The van der Waals surface area contributed by atoms with Crippen molar-refractivity contribution in [3.63, 3.8) is 0 Å². The van der Waals surface area contributed by atoms with E-state index in [1.54, 1.807) is 74.8 Å². The van der Waals surface area contributed by atoms with E-state index in [1.165, 1.54) is 46.7 Å². The predicted octanol–water partition coefficient (Wildman–Crippen LogP) is 5.45. The summed E-state index contributed by atoms with van der Waals surface area (Å²) in [6.45, 7) is 0. The van der Waals surface area contributed by atoms with Crippen LogP contribution in [-0.2, 0) is 6.42 Å². The van der Waals surface area contributed by atoms with Gasteiger partial charge in [-0.1, -0.05) is 12.1 Å². The topological polar surface area (TPSA) is 158 Å². The van der Waals surface area contributed by atoms with E-state index in [0.29, 0.717) is 28.9 Å². The second-order valence-corrected chi connectivity index (χ2v) is 9.05. The highest BCUT2D eigenvalue weighted by molar-refractivity contribution is 5.85. The third kappa shape index (κ3) is 7.20. The summed E-state index contributed by atoms with van der Waals surface area (Å²) in [7, 11) is 3.38. The van der Waals surface area contributed by atoms with Crippen LogP contribution in [0.5, 0.6) is 11.5 Å². The minimum atomic E-state index is -0.471. The Labute approximate surface area is 235 Å². The predicted molar refractivity (Wildman–Crippen MR) is 157 cm³/mol. The summed E-state index contributed by atoms with van der Waals surface area (Å²) in [6, 6.07) is 22.2. The van der Waals surface area contributed by atoms with Gasteiger partial charge in [0.2, 0.25) is 0 Å². The van der Waals surface area contributed by atoms with Gasteiger partial charge in [0.25, 0.3) is 11.4 Å². The van der Waals surface area contributed by atoms with E-state index in [0.717, 1.165) is 11.1 Å². The zero-order valence-electron chi connectivity index (χ0n) is 22.2. The van der Waals surface area contributed by atoms with Gasteiger partial charge in [-0.3, -0.25) is 30.2 Å². The zero-order chi connectivity index (χ0) is 29.5. The Morgan fingerprint density at radius 1 is 0.659 bits per heavy atom. The van der Waals surface area contributed by atoms with Crippen molar-refractivity contribution < 1.29 is 20.1 Å². The van der Waals surface area contributed by atoms with Crippen molar-refractivity contribution in [3.05, 3.63) is 127 Å². The Hall–Kier alpha value is -5.78. The number of rotatable bonds is 10. The van der Waals surface area contributed by atoms with Crippen molar-refractivity contribution >= 4 is 35.2 Å². The molecule has 0 spiro atoms. The van der Waals surface area contributed by atoms with Crippen molar-refractivity contribution in [2.24, 2.45) is 10.2 Å². The summed E-state index contributed by atoms with van der Waals surface area (Å²) in [4.78, 5) is 20.8. The molecule has 0 amide bonds. The van der Waals surface area contributed by atoms with Crippen LogP contribution in [-0.4, -0.2) is 46.6 Å². The third-order valence-electron chi connectivity index (χ3n) is 6.20. The average molecular weight is 555 g/mol. The van der Waals surface area contributed by atoms with Crippen LogP contribution in [0.15, 0.2) is 95.1 Å².